The number of hydrogen-bond donors (Lipinski definition) is 1. The summed E-state index contributed by atoms with van der Waals surface area (Å²) >= 11 is 1.65. The second-order valence-electron chi connectivity index (χ2n) is 4.67. The van der Waals surface area contributed by atoms with E-state index in [1.165, 1.54) is 10.4 Å². The first-order valence-electron chi connectivity index (χ1n) is 5.92. The van der Waals surface area contributed by atoms with Crippen LogP contribution in [0.4, 0.5) is 0 Å². The van der Waals surface area contributed by atoms with Crippen molar-refractivity contribution in [2.45, 2.75) is 32.8 Å². The highest BCUT2D eigenvalue weighted by molar-refractivity contribution is 7.12. The van der Waals surface area contributed by atoms with E-state index in [9.17, 15) is 5.11 Å². The van der Waals surface area contributed by atoms with E-state index < -0.39 is 6.10 Å². The monoisotopic (exact) mass is 246 g/mol. The van der Waals surface area contributed by atoms with Gasteiger partial charge in [0.25, 0.3) is 0 Å². The van der Waals surface area contributed by atoms with E-state index >= 15 is 0 Å². The smallest absolute Gasteiger partial charge is 0.113 e. The second-order valence-corrected chi connectivity index (χ2v) is 5.99. The molecule has 90 valence electrons. The lowest BCUT2D eigenvalue weighted by molar-refractivity contribution is 0.224. The predicted octanol–water partition coefficient (Wildman–Crippen LogP) is 4.26. The van der Waals surface area contributed by atoms with Crippen LogP contribution in [0.2, 0.25) is 0 Å². The van der Waals surface area contributed by atoms with Crippen molar-refractivity contribution in [1.29, 1.82) is 0 Å². The SMILES string of the molecule is Cc1ccc([C@H](O)c2ccc(C(C)C)cc2)s1. The van der Waals surface area contributed by atoms with E-state index in [0.29, 0.717) is 5.92 Å². The predicted molar refractivity (Wildman–Crippen MR) is 73.6 cm³/mol. The Morgan fingerprint density at radius 3 is 2.00 bits per heavy atom. The Hall–Kier alpha value is -1.12. The molecule has 2 heteroatoms. The molecule has 1 N–H and O–H groups in total. The topological polar surface area (TPSA) is 20.2 Å². The van der Waals surface area contributed by atoms with Gasteiger partial charge in [0, 0.05) is 9.75 Å². The van der Waals surface area contributed by atoms with Crippen LogP contribution in [-0.2, 0) is 0 Å². The van der Waals surface area contributed by atoms with Gasteiger partial charge >= 0.3 is 0 Å². The van der Waals surface area contributed by atoms with Crippen LogP contribution in [0.1, 0.15) is 46.8 Å². The number of aryl methyl sites for hydroxylation is 1. The van der Waals surface area contributed by atoms with Crippen molar-refractivity contribution in [3.8, 4) is 0 Å². The number of benzene rings is 1. The van der Waals surface area contributed by atoms with Crippen molar-refractivity contribution < 1.29 is 5.11 Å². The van der Waals surface area contributed by atoms with Crippen LogP contribution in [0.25, 0.3) is 0 Å². The van der Waals surface area contributed by atoms with Gasteiger partial charge in [-0.3, -0.25) is 0 Å². The Morgan fingerprint density at radius 1 is 0.941 bits per heavy atom. The molecule has 2 rings (SSSR count). The lowest BCUT2D eigenvalue weighted by Gasteiger charge is -2.11. The zero-order valence-corrected chi connectivity index (χ0v) is 11.3. The summed E-state index contributed by atoms with van der Waals surface area (Å²) in [6.45, 7) is 6.41. The van der Waals surface area contributed by atoms with Gasteiger partial charge in [0.15, 0.2) is 0 Å². The van der Waals surface area contributed by atoms with Crippen molar-refractivity contribution in [1.82, 2.24) is 0 Å². The van der Waals surface area contributed by atoms with Crippen LogP contribution in [0.3, 0.4) is 0 Å². The Morgan fingerprint density at radius 2 is 1.53 bits per heavy atom. The molecule has 1 aromatic carbocycles. The van der Waals surface area contributed by atoms with Gasteiger partial charge < -0.3 is 5.11 Å². The van der Waals surface area contributed by atoms with E-state index in [1.54, 1.807) is 11.3 Å². The van der Waals surface area contributed by atoms with Crippen molar-refractivity contribution in [3.63, 3.8) is 0 Å². The second kappa shape index (κ2) is 5.03. The fourth-order valence-corrected chi connectivity index (χ4v) is 2.72. The molecular formula is C15H18OS. The minimum Gasteiger partial charge on any atom is -0.383 e. The van der Waals surface area contributed by atoms with Crippen LogP contribution in [0, 0.1) is 6.92 Å². The standard InChI is InChI=1S/C15H18OS/c1-10(2)12-5-7-13(8-6-12)15(16)14-9-4-11(3)17-14/h4-10,15-16H,1-3H3/t15-/m1/s1. The first-order chi connectivity index (χ1) is 8.08. The van der Waals surface area contributed by atoms with E-state index in [1.807, 2.05) is 24.3 Å². The molecule has 2 aromatic rings. The van der Waals surface area contributed by atoms with Gasteiger partial charge in [-0.05, 0) is 36.1 Å². The quantitative estimate of drug-likeness (QED) is 0.858. The van der Waals surface area contributed by atoms with Gasteiger partial charge in [-0.25, -0.2) is 0 Å². The Kier molecular flexibility index (Phi) is 3.65. The summed E-state index contributed by atoms with van der Waals surface area (Å²) < 4.78 is 0. The zero-order valence-electron chi connectivity index (χ0n) is 10.5. The third-order valence-electron chi connectivity index (χ3n) is 2.95. The molecule has 0 spiro atoms. The van der Waals surface area contributed by atoms with Crippen molar-refractivity contribution in [2.24, 2.45) is 0 Å². The van der Waals surface area contributed by atoms with E-state index in [0.717, 1.165) is 10.4 Å². The molecule has 0 unspecified atom stereocenters. The maximum absolute atomic E-state index is 10.2. The molecule has 1 aromatic heterocycles. The van der Waals surface area contributed by atoms with E-state index in [-0.39, 0.29) is 0 Å². The third kappa shape index (κ3) is 2.76. The van der Waals surface area contributed by atoms with Crippen LogP contribution < -0.4 is 0 Å². The zero-order chi connectivity index (χ0) is 12.4. The summed E-state index contributed by atoms with van der Waals surface area (Å²) in [6.07, 6.45) is -0.491. The van der Waals surface area contributed by atoms with Gasteiger partial charge in [-0.1, -0.05) is 38.1 Å². The largest absolute Gasteiger partial charge is 0.383 e. The minimum absolute atomic E-state index is 0.491. The fourth-order valence-electron chi connectivity index (χ4n) is 1.83. The summed E-state index contributed by atoms with van der Waals surface area (Å²) in [6, 6.07) is 12.3. The van der Waals surface area contributed by atoms with Gasteiger partial charge in [-0.15, -0.1) is 11.3 Å². The number of thiophene rings is 1. The van der Waals surface area contributed by atoms with Gasteiger partial charge in [0.2, 0.25) is 0 Å². The highest BCUT2D eigenvalue weighted by Crippen LogP contribution is 2.28. The molecule has 0 aliphatic heterocycles. The number of aliphatic hydroxyl groups is 1. The summed E-state index contributed by atoms with van der Waals surface area (Å²) in [7, 11) is 0. The molecule has 0 amide bonds. The van der Waals surface area contributed by atoms with E-state index in [2.05, 4.69) is 32.9 Å². The average molecular weight is 246 g/mol. The third-order valence-corrected chi connectivity index (χ3v) is 4.00. The van der Waals surface area contributed by atoms with Crippen molar-refractivity contribution >= 4 is 11.3 Å². The van der Waals surface area contributed by atoms with Gasteiger partial charge in [-0.2, -0.15) is 0 Å². The first-order valence-corrected chi connectivity index (χ1v) is 6.74. The number of aliphatic hydroxyl groups excluding tert-OH is 1. The van der Waals surface area contributed by atoms with Crippen LogP contribution >= 0.6 is 11.3 Å². The molecule has 1 atom stereocenters. The fraction of sp³-hybridized carbons (Fsp3) is 0.333. The van der Waals surface area contributed by atoms with Crippen LogP contribution in [0.15, 0.2) is 36.4 Å². The minimum atomic E-state index is -0.491. The van der Waals surface area contributed by atoms with Crippen molar-refractivity contribution in [2.75, 3.05) is 0 Å². The highest BCUT2D eigenvalue weighted by atomic mass is 32.1. The summed E-state index contributed by atoms with van der Waals surface area (Å²) in [5, 5.41) is 10.2. The Labute approximate surface area is 107 Å². The summed E-state index contributed by atoms with van der Waals surface area (Å²) in [4.78, 5) is 2.25. The van der Waals surface area contributed by atoms with Crippen molar-refractivity contribution in [3.05, 3.63) is 57.3 Å². The molecule has 0 radical (unpaired) electrons. The number of hydrogen-bond acceptors (Lipinski definition) is 2. The normalized spacial score (nSPS) is 13.0. The van der Waals surface area contributed by atoms with Gasteiger partial charge in [0.05, 0.1) is 0 Å². The summed E-state index contributed by atoms with van der Waals surface area (Å²) in [5.41, 5.74) is 2.28. The average Bonchev–Trinajstić information content (AvgIpc) is 2.75. The van der Waals surface area contributed by atoms with Crippen LogP contribution in [-0.4, -0.2) is 5.11 Å². The molecule has 0 bridgehead atoms. The molecule has 0 aliphatic carbocycles. The molecule has 0 saturated heterocycles. The molecule has 0 aliphatic rings. The maximum atomic E-state index is 10.2. The number of rotatable bonds is 3. The maximum Gasteiger partial charge on any atom is 0.113 e. The molecular weight excluding hydrogens is 228 g/mol. The Bertz CT molecular complexity index is 482. The van der Waals surface area contributed by atoms with E-state index in [4.69, 9.17) is 0 Å². The molecule has 0 saturated carbocycles. The summed E-state index contributed by atoms with van der Waals surface area (Å²) in [5.74, 6) is 0.533. The molecule has 1 heterocycles. The molecule has 17 heavy (non-hydrogen) atoms. The Balaban J connectivity index is 2.22. The van der Waals surface area contributed by atoms with Gasteiger partial charge in [0.1, 0.15) is 6.10 Å². The highest BCUT2D eigenvalue weighted by Gasteiger charge is 2.12. The first kappa shape index (κ1) is 12.3. The lowest BCUT2D eigenvalue weighted by atomic mass is 9.99. The lowest BCUT2D eigenvalue weighted by Crippen LogP contribution is -1.97. The molecule has 1 nitrogen and oxygen atoms in total. The molecule has 0 fully saturated rings. The van der Waals surface area contributed by atoms with Crippen LogP contribution in [0.5, 0.6) is 0 Å².